The highest BCUT2D eigenvalue weighted by Crippen LogP contribution is 2.32. The van der Waals surface area contributed by atoms with E-state index in [1.165, 1.54) is 29.6 Å². The van der Waals surface area contributed by atoms with Crippen molar-refractivity contribution < 1.29 is 28.6 Å². The quantitative estimate of drug-likeness (QED) is 0.0615. The van der Waals surface area contributed by atoms with Crippen molar-refractivity contribution in [1.29, 1.82) is 0 Å². The summed E-state index contributed by atoms with van der Waals surface area (Å²) in [5, 5.41) is 1.98. The molecule has 0 fully saturated rings. The van der Waals surface area contributed by atoms with Gasteiger partial charge < -0.3 is 14.2 Å². The van der Waals surface area contributed by atoms with E-state index in [1.807, 2.05) is 79.7 Å². The van der Waals surface area contributed by atoms with Gasteiger partial charge in [-0.2, -0.15) is 0 Å². The molecule has 0 aromatic heterocycles. The molecule has 0 atom stereocenters. The Hall–Kier alpha value is -4.27. The lowest BCUT2D eigenvalue weighted by Crippen LogP contribution is -2.10. The number of thioether (sulfide) groups is 2. The second-order valence-corrected chi connectivity index (χ2v) is 11.4. The molecule has 0 aliphatic rings. The molecule has 0 bridgehead atoms. The van der Waals surface area contributed by atoms with E-state index in [9.17, 15) is 14.4 Å². The van der Waals surface area contributed by atoms with Gasteiger partial charge in [-0.3, -0.25) is 9.59 Å². The summed E-state index contributed by atoms with van der Waals surface area (Å²) in [5.74, 6) is 1.49. The van der Waals surface area contributed by atoms with Gasteiger partial charge in [0.25, 0.3) is 0 Å². The molecule has 0 unspecified atom stereocenters. The third-order valence-electron chi connectivity index (χ3n) is 6.41. The Labute approximate surface area is 260 Å². The van der Waals surface area contributed by atoms with Crippen molar-refractivity contribution in [2.75, 3.05) is 25.6 Å². The topological polar surface area (TPSA) is 78.9 Å². The van der Waals surface area contributed by atoms with E-state index < -0.39 is 5.97 Å². The smallest absolute Gasteiger partial charge is 0.330 e. The maximum atomic E-state index is 13.1. The van der Waals surface area contributed by atoms with Crippen LogP contribution in [-0.4, -0.2) is 41.8 Å². The number of carbonyl (C=O) groups is 3. The van der Waals surface area contributed by atoms with Crippen LogP contribution in [0.2, 0.25) is 0 Å². The van der Waals surface area contributed by atoms with Crippen molar-refractivity contribution >= 4 is 50.5 Å². The van der Waals surface area contributed by atoms with Gasteiger partial charge in [-0.15, -0.1) is 0 Å². The average molecular weight is 613 g/mol. The van der Waals surface area contributed by atoms with Crippen molar-refractivity contribution in [3.05, 3.63) is 115 Å². The maximum absolute atomic E-state index is 13.1. The zero-order valence-electron chi connectivity index (χ0n) is 23.9. The zero-order chi connectivity index (χ0) is 30.6. The second kappa shape index (κ2) is 15.8. The van der Waals surface area contributed by atoms with Crippen molar-refractivity contribution in [1.82, 2.24) is 0 Å². The fraction of sp³-hybridized carbons (Fsp3) is 0.171. The van der Waals surface area contributed by atoms with Gasteiger partial charge in [-0.25, -0.2) is 4.79 Å². The molecule has 0 saturated heterocycles. The van der Waals surface area contributed by atoms with Crippen LogP contribution in [0.5, 0.6) is 11.5 Å². The van der Waals surface area contributed by atoms with Gasteiger partial charge in [0.1, 0.15) is 24.7 Å². The number of carbonyl (C=O) groups excluding carboxylic acids is 3. The van der Waals surface area contributed by atoms with Crippen LogP contribution in [0.15, 0.2) is 109 Å². The summed E-state index contributed by atoms with van der Waals surface area (Å²) in [4.78, 5) is 36.5. The van der Waals surface area contributed by atoms with E-state index in [1.54, 1.807) is 0 Å². The molecule has 0 heterocycles. The molecule has 0 radical (unpaired) electrons. The maximum Gasteiger partial charge on any atom is 0.330 e. The van der Waals surface area contributed by atoms with E-state index in [2.05, 4.69) is 19.2 Å². The summed E-state index contributed by atoms with van der Waals surface area (Å²) in [5.41, 5.74) is 3.71. The highest BCUT2D eigenvalue weighted by atomic mass is 32.2. The van der Waals surface area contributed by atoms with Crippen LogP contribution >= 0.6 is 23.5 Å². The third kappa shape index (κ3) is 9.11. The minimum absolute atomic E-state index is 0.0282. The lowest BCUT2D eigenvalue weighted by molar-refractivity contribution is -0.138. The largest absolute Gasteiger partial charge is 0.493 e. The molecule has 0 aliphatic carbocycles. The van der Waals surface area contributed by atoms with E-state index in [-0.39, 0.29) is 23.4 Å². The van der Waals surface area contributed by atoms with E-state index >= 15 is 0 Å². The van der Waals surface area contributed by atoms with Gasteiger partial charge in [-0.05, 0) is 100 Å². The Morgan fingerprint density at radius 1 is 0.744 bits per heavy atom. The van der Waals surface area contributed by atoms with Crippen molar-refractivity contribution in [2.24, 2.45) is 0 Å². The second-order valence-electron chi connectivity index (χ2n) is 9.25. The van der Waals surface area contributed by atoms with Crippen LogP contribution in [-0.2, 0) is 20.7 Å². The number of hydrogen-bond acceptors (Lipinski definition) is 8. The molecule has 4 aromatic carbocycles. The van der Waals surface area contributed by atoms with E-state index in [0.717, 1.165) is 50.6 Å². The number of aryl methyl sites for hydroxylation is 1. The first-order valence-corrected chi connectivity index (χ1v) is 15.5. The van der Waals surface area contributed by atoms with Gasteiger partial charge in [0, 0.05) is 22.3 Å². The molecule has 8 heteroatoms. The van der Waals surface area contributed by atoms with Gasteiger partial charge in [0.15, 0.2) is 0 Å². The highest BCUT2D eigenvalue weighted by Gasteiger charge is 2.13. The molecule has 6 nitrogen and oxygen atoms in total. The molecule has 0 amide bonds. The number of rotatable bonds is 14. The number of ether oxygens (including phenoxy) is 3. The van der Waals surface area contributed by atoms with Crippen molar-refractivity contribution in [3.63, 3.8) is 0 Å². The van der Waals surface area contributed by atoms with Crippen molar-refractivity contribution in [3.8, 4) is 22.6 Å². The van der Waals surface area contributed by atoms with Gasteiger partial charge in [0.2, 0.25) is 10.2 Å². The molecule has 4 aromatic rings. The summed E-state index contributed by atoms with van der Waals surface area (Å²) in [6.07, 6.45) is 3.18. The predicted molar refractivity (Wildman–Crippen MR) is 175 cm³/mol. The summed E-state index contributed by atoms with van der Waals surface area (Å²) >= 11 is 2.38. The molecule has 4 rings (SSSR count). The zero-order valence-corrected chi connectivity index (χ0v) is 25.5. The summed E-state index contributed by atoms with van der Waals surface area (Å²) < 4.78 is 16.4. The highest BCUT2D eigenvalue weighted by molar-refractivity contribution is 8.14. The molecular weight excluding hydrogens is 581 g/mol. The standard InChI is InChI=1S/C35H32O6S2/c1-4-24-22-31(40-19-20-42-34(37)6-3)15-16-32(24)43-35(38)26-9-7-25(8-10-26)27-11-12-29-23-30(14-13-28(29)21-27)39-17-18-41-33(36)5-2/h5-16,21-23H,2-4,17-20H2,1H3. The predicted octanol–water partition coefficient (Wildman–Crippen LogP) is 7.93. The molecule has 220 valence electrons. The Bertz CT molecular complexity index is 1630. The number of hydrogen-bond donors (Lipinski definition) is 0. The first-order chi connectivity index (χ1) is 20.9. The Kier molecular flexibility index (Phi) is 11.6. The van der Waals surface area contributed by atoms with Crippen molar-refractivity contribution in [2.45, 2.75) is 18.2 Å². The van der Waals surface area contributed by atoms with Crippen LogP contribution in [0.3, 0.4) is 0 Å². The Morgan fingerprint density at radius 3 is 2.16 bits per heavy atom. The van der Waals surface area contributed by atoms with Crippen LogP contribution in [0, 0.1) is 0 Å². The van der Waals surface area contributed by atoms with E-state index in [4.69, 9.17) is 14.2 Å². The Morgan fingerprint density at radius 2 is 1.42 bits per heavy atom. The lowest BCUT2D eigenvalue weighted by atomic mass is 10.0. The fourth-order valence-electron chi connectivity index (χ4n) is 4.19. The summed E-state index contributed by atoms with van der Waals surface area (Å²) in [6, 6.07) is 25.3. The van der Waals surface area contributed by atoms with Crippen LogP contribution in [0.25, 0.3) is 21.9 Å². The summed E-state index contributed by atoms with van der Waals surface area (Å²) in [7, 11) is 0. The number of benzene rings is 4. The summed E-state index contributed by atoms with van der Waals surface area (Å²) in [6.45, 7) is 9.70. The normalized spacial score (nSPS) is 10.6. The van der Waals surface area contributed by atoms with Gasteiger partial charge >= 0.3 is 5.97 Å². The average Bonchev–Trinajstić information content (AvgIpc) is 3.05. The van der Waals surface area contributed by atoms with Crippen LogP contribution in [0.4, 0.5) is 0 Å². The fourth-order valence-corrected chi connectivity index (χ4v) is 5.60. The Balaban J connectivity index is 1.36. The third-order valence-corrected chi connectivity index (χ3v) is 8.27. The van der Waals surface area contributed by atoms with Crippen LogP contribution < -0.4 is 9.47 Å². The van der Waals surface area contributed by atoms with Gasteiger partial charge in [0.05, 0.1) is 6.61 Å². The molecule has 0 aliphatic heterocycles. The minimum Gasteiger partial charge on any atom is -0.493 e. The molecule has 0 spiro atoms. The first-order valence-electron chi connectivity index (χ1n) is 13.7. The minimum atomic E-state index is -0.473. The van der Waals surface area contributed by atoms with Gasteiger partial charge in [-0.1, -0.05) is 62.2 Å². The molecule has 43 heavy (non-hydrogen) atoms. The molecule has 0 saturated carbocycles. The number of fused-ring (bicyclic) bond motifs is 1. The number of esters is 1. The van der Waals surface area contributed by atoms with E-state index in [0.29, 0.717) is 23.7 Å². The first kappa shape index (κ1) is 31.7. The monoisotopic (exact) mass is 612 g/mol. The lowest BCUT2D eigenvalue weighted by Gasteiger charge is -2.11. The SMILES string of the molecule is C=CC(=O)OCCOc1ccc2cc(-c3ccc(C(=O)Sc4ccc(OCCSC(=O)C=C)cc4CC)cc3)ccc2c1. The molecular formula is C35H32O6S2. The van der Waals surface area contributed by atoms with Crippen LogP contribution in [0.1, 0.15) is 22.8 Å². The molecule has 0 N–H and O–H groups in total.